The second-order valence-corrected chi connectivity index (χ2v) is 8.39. The van der Waals surface area contributed by atoms with Crippen molar-refractivity contribution >= 4 is 46.6 Å². The molecular weight excluding hydrogens is 396 g/mol. The number of esters is 1. The van der Waals surface area contributed by atoms with Crippen LogP contribution in [0.3, 0.4) is 0 Å². The zero-order valence-electron chi connectivity index (χ0n) is 15.4. The fraction of sp³-hybridized carbons (Fsp3) is 0.350. The van der Waals surface area contributed by atoms with Gasteiger partial charge in [-0.15, -0.1) is 11.3 Å². The molecular formula is C20H22N2O4S2. The molecule has 0 atom stereocenters. The minimum Gasteiger partial charge on any atom is -0.452 e. The van der Waals surface area contributed by atoms with E-state index in [-0.39, 0.29) is 18.4 Å². The number of thioether (sulfide) groups is 1. The predicted molar refractivity (Wildman–Crippen MR) is 112 cm³/mol. The highest BCUT2D eigenvalue weighted by Crippen LogP contribution is 2.22. The first-order chi connectivity index (χ1) is 13.6. The maximum atomic E-state index is 12.2. The van der Waals surface area contributed by atoms with Crippen molar-refractivity contribution in [2.24, 2.45) is 0 Å². The van der Waals surface area contributed by atoms with E-state index in [1.165, 1.54) is 4.88 Å². The van der Waals surface area contributed by atoms with Crippen molar-refractivity contribution in [2.75, 3.05) is 30.3 Å². The number of anilines is 1. The Kier molecular flexibility index (Phi) is 7.50. The van der Waals surface area contributed by atoms with Crippen LogP contribution in [0.2, 0.25) is 0 Å². The molecule has 2 heterocycles. The Morgan fingerprint density at radius 2 is 2.14 bits per heavy atom. The van der Waals surface area contributed by atoms with Gasteiger partial charge in [0.25, 0.3) is 5.91 Å². The molecule has 148 valence electrons. The molecule has 1 fully saturated rings. The lowest BCUT2D eigenvalue weighted by atomic mass is 10.2. The molecule has 0 radical (unpaired) electrons. The molecule has 1 saturated heterocycles. The maximum Gasteiger partial charge on any atom is 0.338 e. The summed E-state index contributed by atoms with van der Waals surface area (Å²) < 4.78 is 5.09. The van der Waals surface area contributed by atoms with E-state index in [0.29, 0.717) is 30.8 Å². The van der Waals surface area contributed by atoms with Gasteiger partial charge in [0, 0.05) is 41.6 Å². The van der Waals surface area contributed by atoms with Crippen molar-refractivity contribution in [3.8, 4) is 0 Å². The Hall–Kier alpha value is -2.32. The molecule has 2 aromatic rings. The number of rotatable bonds is 9. The van der Waals surface area contributed by atoms with Crippen LogP contribution in [0, 0.1) is 0 Å². The molecule has 0 spiro atoms. The second kappa shape index (κ2) is 10.3. The third kappa shape index (κ3) is 5.84. The van der Waals surface area contributed by atoms with Crippen molar-refractivity contribution in [1.29, 1.82) is 0 Å². The molecule has 0 unspecified atom stereocenters. The number of carbonyl (C=O) groups excluding carboxylic acids is 3. The van der Waals surface area contributed by atoms with Gasteiger partial charge in [0.05, 0.1) is 5.56 Å². The van der Waals surface area contributed by atoms with Crippen LogP contribution in [-0.2, 0) is 20.1 Å². The summed E-state index contributed by atoms with van der Waals surface area (Å²) in [6.45, 7) is 0.866. The number of ether oxygens (including phenoxy) is 1. The van der Waals surface area contributed by atoms with Crippen LogP contribution in [0.25, 0.3) is 0 Å². The third-order valence-electron chi connectivity index (χ3n) is 4.19. The summed E-state index contributed by atoms with van der Waals surface area (Å²) in [6, 6.07) is 10.9. The van der Waals surface area contributed by atoms with Gasteiger partial charge in [0.15, 0.2) is 6.61 Å². The first kappa shape index (κ1) is 20.4. The highest BCUT2D eigenvalue weighted by molar-refractivity contribution is 7.98. The van der Waals surface area contributed by atoms with Crippen molar-refractivity contribution in [2.45, 2.75) is 18.6 Å². The molecule has 3 rings (SSSR count). The van der Waals surface area contributed by atoms with Gasteiger partial charge < -0.3 is 15.0 Å². The van der Waals surface area contributed by atoms with Gasteiger partial charge in [0.2, 0.25) is 5.91 Å². The first-order valence-corrected chi connectivity index (χ1v) is 11.1. The van der Waals surface area contributed by atoms with Crippen molar-refractivity contribution in [1.82, 2.24) is 5.32 Å². The van der Waals surface area contributed by atoms with Crippen molar-refractivity contribution in [3.05, 3.63) is 52.2 Å². The van der Waals surface area contributed by atoms with Crippen molar-refractivity contribution < 1.29 is 19.1 Å². The third-order valence-corrected chi connectivity index (χ3v) is 6.26. The summed E-state index contributed by atoms with van der Waals surface area (Å²) >= 11 is 3.46. The maximum absolute atomic E-state index is 12.2. The van der Waals surface area contributed by atoms with Crippen LogP contribution in [0.4, 0.5) is 5.69 Å². The lowest BCUT2D eigenvalue weighted by Crippen LogP contribution is -2.30. The summed E-state index contributed by atoms with van der Waals surface area (Å²) in [4.78, 5) is 38.9. The number of hydrogen-bond acceptors (Lipinski definition) is 6. The van der Waals surface area contributed by atoms with Crippen LogP contribution in [0.1, 0.15) is 28.1 Å². The Bertz CT molecular complexity index is 823. The number of nitrogens with zero attached hydrogens (tertiary/aromatic N) is 1. The van der Waals surface area contributed by atoms with Crippen LogP contribution in [-0.4, -0.2) is 43.2 Å². The average Bonchev–Trinajstić information content (AvgIpc) is 3.37. The van der Waals surface area contributed by atoms with Gasteiger partial charge in [-0.05, 0) is 36.1 Å². The summed E-state index contributed by atoms with van der Waals surface area (Å²) in [5.41, 5.74) is 1.01. The van der Waals surface area contributed by atoms with Crippen molar-refractivity contribution in [3.63, 3.8) is 0 Å². The quantitative estimate of drug-likeness (QED) is 0.500. The Labute approximate surface area is 172 Å². The second-order valence-electron chi connectivity index (χ2n) is 6.26. The lowest BCUT2D eigenvalue weighted by Gasteiger charge is -2.16. The zero-order valence-corrected chi connectivity index (χ0v) is 17.0. The molecule has 1 aliphatic heterocycles. The number of benzene rings is 1. The first-order valence-electron chi connectivity index (χ1n) is 9.08. The molecule has 1 N–H and O–H groups in total. The van der Waals surface area contributed by atoms with E-state index in [2.05, 4.69) is 11.4 Å². The SMILES string of the molecule is O=C(COC(=O)c1cccc(N2CCCC2=O)c1)NCCSCc1cccs1. The predicted octanol–water partition coefficient (Wildman–Crippen LogP) is 3.08. The topological polar surface area (TPSA) is 75.7 Å². The minimum atomic E-state index is -0.573. The van der Waals surface area contributed by atoms with E-state index in [0.717, 1.165) is 17.9 Å². The van der Waals surface area contributed by atoms with Gasteiger partial charge in [-0.2, -0.15) is 11.8 Å². The largest absolute Gasteiger partial charge is 0.452 e. The van der Waals surface area contributed by atoms with Crippen LogP contribution < -0.4 is 10.2 Å². The van der Waals surface area contributed by atoms with Gasteiger partial charge in [-0.3, -0.25) is 9.59 Å². The van der Waals surface area contributed by atoms with Gasteiger partial charge in [0.1, 0.15) is 0 Å². The fourth-order valence-electron chi connectivity index (χ4n) is 2.82. The molecule has 28 heavy (non-hydrogen) atoms. The molecule has 0 saturated carbocycles. The smallest absolute Gasteiger partial charge is 0.338 e. The molecule has 1 aromatic heterocycles. The van der Waals surface area contributed by atoms with E-state index in [1.54, 1.807) is 52.3 Å². The summed E-state index contributed by atoms with van der Waals surface area (Å²) in [5, 5.41) is 4.79. The monoisotopic (exact) mass is 418 g/mol. The highest BCUT2D eigenvalue weighted by atomic mass is 32.2. The van der Waals surface area contributed by atoms with E-state index >= 15 is 0 Å². The lowest BCUT2D eigenvalue weighted by molar-refractivity contribution is -0.124. The normalized spacial score (nSPS) is 13.6. The average molecular weight is 419 g/mol. The standard InChI is InChI=1S/C20H22N2O4S2/c23-18(21-8-11-27-14-17-6-3-10-28-17)13-26-20(25)15-4-1-5-16(12-15)22-9-2-7-19(22)24/h1,3-6,10,12H,2,7-9,11,13-14H2,(H,21,23). The zero-order chi connectivity index (χ0) is 19.8. The Balaban J connectivity index is 1.37. The van der Waals surface area contributed by atoms with E-state index in [9.17, 15) is 14.4 Å². The molecule has 6 nitrogen and oxygen atoms in total. The number of hydrogen-bond donors (Lipinski definition) is 1. The van der Waals surface area contributed by atoms with Gasteiger partial charge >= 0.3 is 5.97 Å². The summed E-state index contributed by atoms with van der Waals surface area (Å²) in [5.74, 6) is 0.885. The van der Waals surface area contributed by atoms with Gasteiger partial charge in [-0.1, -0.05) is 12.1 Å². The van der Waals surface area contributed by atoms with E-state index in [4.69, 9.17) is 4.74 Å². The van der Waals surface area contributed by atoms with E-state index in [1.807, 2.05) is 11.4 Å². The summed E-state index contributed by atoms with van der Waals surface area (Å²) in [6.07, 6.45) is 1.35. The minimum absolute atomic E-state index is 0.0573. The molecule has 8 heteroatoms. The van der Waals surface area contributed by atoms with E-state index < -0.39 is 5.97 Å². The molecule has 0 bridgehead atoms. The Morgan fingerprint density at radius 1 is 1.25 bits per heavy atom. The molecule has 0 aliphatic carbocycles. The van der Waals surface area contributed by atoms with Gasteiger partial charge in [-0.25, -0.2) is 4.79 Å². The number of carbonyl (C=O) groups is 3. The molecule has 1 aromatic carbocycles. The number of nitrogens with one attached hydrogen (secondary N) is 1. The number of amides is 2. The molecule has 1 aliphatic rings. The fourth-order valence-corrected chi connectivity index (χ4v) is 4.52. The highest BCUT2D eigenvalue weighted by Gasteiger charge is 2.22. The number of thiophene rings is 1. The molecule has 2 amide bonds. The van der Waals surface area contributed by atoms with Crippen LogP contribution >= 0.6 is 23.1 Å². The van der Waals surface area contributed by atoms with Crippen LogP contribution in [0.5, 0.6) is 0 Å². The Morgan fingerprint density at radius 3 is 2.89 bits per heavy atom. The summed E-state index contributed by atoms with van der Waals surface area (Å²) in [7, 11) is 0. The van der Waals surface area contributed by atoms with Crippen LogP contribution in [0.15, 0.2) is 41.8 Å².